The van der Waals surface area contributed by atoms with Crippen LogP contribution in [0.4, 0.5) is 5.69 Å². The maximum Gasteiger partial charge on any atom is 0.220 e. The van der Waals surface area contributed by atoms with Gasteiger partial charge >= 0.3 is 0 Å². The zero-order chi connectivity index (χ0) is 14.1. The molecule has 1 amide bonds. The molecule has 0 radical (unpaired) electrons. The summed E-state index contributed by atoms with van der Waals surface area (Å²) in [6.45, 7) is 3.84. The molecule has 20 heavy (non-hydrogen) atoms. The normalized spacial score (nSPS) is 25.6. The summed E-state index contributed by atoms with van der Waals surface area (Å²) >= 11 is 0. The first-order valence-electron chi connectivity index (χ1n) is 7.22. The second-order valence-electron chi connectivity index (χ2n) is 5.84. The van der Waals surface area contributed by atoms with Crippen molar-refractivity contribution in [1.82, 2.24) is 5.32 Å². The Bertz CT molecular complexity index is 576. The first kappa shape index (κ1) is 13.0. The predicted molar refractivity (Wildman–Crippen MR) is 77.4 cm³/mol. The summed E-state index contributed by atoms with van der Waals surface area (Å²) < 4.78 is 0. The number of anilines is 1. The molecule has 4 nitrogen and oxygen atoms in total. The third kappa shape index (κ3) is 2.36. The molecule has 2 aliphatic heterocycles. The summed E-state index contributed by atoms with van der Waals surface area (Å²) in [6, 6.07) is 8.68. The Labute approximate surface area is 119 Å². The van der Waals surface area contributed by atoms with Crippen LogP contribution in [0.15, 0.2) is 18.2 Å². The lowest BCUT2D eigenvalue weighted by Gasteiger charge is -2.42. The van der Waals surface area contributed by atoms with E-state index < -0.39 is 0 Å². The second-order valence-corrected chi connectivity index (χ2v) is 5.84. The number of benzene rings is 1. The average Bonchev–Trinajstić information content (AvgIpc) is 2.46. The number of fused-ring (bicyclic) bond motifs is 1. The molecule has 2 aliphatic rings. The van der Waals surface area contributed by atoms with E-state index in [-0.39, 0.29) is 5.91 Å². The molecular weight excluding hydrogens is 250 g/mol. The standard InChI is InChI=1S/C16H19N3O/c1-11-2-4-15(13(8-11)9-17)19-7-6-14-12(10-19)3-5-16(20)18-14/h2,4,8,12,14H,3,5-7,10H2,1H3,(H,18,20). The van der Waals surface area contributed by atoms with Gasteiger partial charge in [-0.3, -0.25) is 4.79 Å². The highest BCUT2D eigenvalue weighted by Gasteiger charge is 2.34. The maximum atomic E-state index is 11.4. The van der Waals surface area contributed by atoms with Crippen molar-refractivity contribution in [2.24, 2.45) is 5.92 Å². The van der Waals surface area contributed by atoms with Crippen molar-refractivity contribution in [1.29, 1.82) is 5.26 Å². The van der Waals surface area contributed by atoms with Gasteiger partial charge in [-0.25, -0.2) is 0 Å². The van der Waals surface area contributed by atoms with Crippen LogP contribution < -0.4 is 10.2 Å². The minimum absolute atomic E-state index is 0.188. The van der Waals surface area contributed by atoms with Crippen molar-refractivity contribution < 1.29 is 4.79 Å². The number of nitrogens with zero attached hydrogens (tertiary/aromatic N) is 2. The second kappa shape index (κ2) is 5.16. The highest BCUT2D eigenvalue weighted by molar-refractivity contribution is 5.77. The topological polar surface area (TPSA) is 56.1 Å². The van der Waals surface area contributed by atoms with Gasteiger partial charge < -0.3 is 10.2 Å². The van der Waals surface area contributed by atoms with E-state index in [1.165, 1.54) is 0 Å². The van der Waals surface area contributed by atoms with Crippen molar-refractivity contribution in [2.75, 3.05) is 18.0 Å². The van der Waals surface area contributed by atoms with Crippen LogP contribution in [-0.4, -0.2) is 25.0 Å². The Kier molecular flexibility index (Phi) is 3.35. The molecule has 3 rings (SSSR count). The number of rotatable bonds is 1. The van der Waals surface area contributed by atoms with E-state index in [1.807, 2.05) is 13.0 Å². The quantitative estimate of drug-likeness (QED) is 0.848. The van der Waals surface area contributed by atoms with Gasteiger partial charge in [-0.1, -0.05) is 6.07 Å². The first-order valence-corrected chi connectivity index (χ1v) is 7.22. The lowest BCUT2D eigenvalue weighted by Crippen LogP contribution is -2.54. The summed E-state index contributed by atoms with van der Waals surface area (Å²) in [7, 11) is 0. The molecule has 2 heterocycles. The minimum Gasteiger partial charge on any atom is -0.370 e. The average molecular weight is 269 g/mol. The minimum atomic E-state index is 0.188. The Hall–Kier alpha value is -2.02. The molecule has 1 aromatic rings. The van der Waals surface area contributed by atoms with Crippen molar-refractivity contribution in [3.63, 3.8) is 0 Å². The van der Waals surface area contributed by atoms with Crippen LogP contribution in [0.1, 0.15) is 30.4 Å². The van der Waals surface area contributed by atoms with E-state index in [0.717, 1.165) is 42.7 Å². The van der Waals surface area contributed by atoms with Crippen molar-refractivity contribution >= 4 is 11.6 Å². The molecule has 0 aliphatic carbocycles. The fourth-order valence-corrected chi connectivity index (χ4v) is 3.34. The van der Waals surface area contributed by atoms with Gasteiger partial charge in [0.25, 0.3) is 0 Å². The van der Waals surface area contributed by atoms with E-state index in [4.69, 9.17) is 0 Å². The predicted octanol–water partition coefficient (Wildman–Crippen LogP) is 1.97. The zero-order valence-corrected chi connectivity index (χ0v) is 11.7. The molecule has 2 saturated heterocycles. The molecule has 0 bridgehead atoms. The van der Waals surface area contributed by atoms with E-state index in [9.17, 15) is 10.1 Å². The molecule has 1 aromatic carbocycles. The lowest BCUT2D eigenvalue weighted by atomic mass is 9.85. The van der Waals surface area contributed by atoms with Crippen LogP contribution in [0, 0.1) is 24.2 Å². The lowest BCUT2D eigenvalue weighted by molar-refractivity contribution is -0.124. The fourth-order valence-electron chi connectivity index (χ4n) is 3.34. The molecule has 2 atom stereocenters. The smallest absolute Gasteiger partial charge is 0.220 e. The third-order valence-electron chi connectivity index (χ3n) is 4.44. The van der Waals surface area contributed by atoms with E-state index in [2.05, 4.69) is 28.4 Å². The van der Waals surface area contributed by atoms with Crippen LogP contribution in [0.5, 0.6) is 0 Å². The summed E-state index contributed by atoms with van der Waals surface area (Å²) in [5, 5.41) is 12.4. The number of aryl methyl sites for hydroxylation is 1. The molecule has 4 heteroatoms. The van der Waals surface area contributed by atoms with Gasteiger partial charge in [0, 0.05) is 25.6 Å². The number of nitrogens with one attached hydrogen (secondary N) is 1. The van der Waals surface area contributed by atoms with Crippen molar-refractivity contribution in [3.8, 4) is 6.07 Å². The summed E-state index contributed by atoms with van der Waals surface area (Å²) in [5.74, 6) is 0.696. The Morgan fingerprint density at radius 3 is 3.05 bits per heavy atom. The zero-order valence-electron chi connectivity index (χ0n) is 11.7. The van der Waals surface area contributed by atoms with Crippen LogP contribution in [-0.2, 0) is 4.79 Å². The highest BCUT2D eigenvalue weighted by atomic mass is 16.1. The number of amides is 1. The Morgan fingerprint density at radius 2 is 2.25 bits per heavy atom. The van der Waals surface area contributed by atoms with Gasteiger partial charge in [0.05, 0.1) is 11.3 Å². The van der Waals surface area contributed by atoms with Crippen LogP contribution >= 0.6 is 0 Å². The maximum absolute atomic E-state index is 11.4. The number of hydrogen-bond donors (Lipinski definition) is 1. The molecule has 2 fully saturated rings. The van der Waals surface area contributed by atoms with Crippen LogP contribution in [0.25, 0.3) is 0 Å². The number of carbonyl (C=O) groups excluding carboxylic acids is 1. The number of nitriles is 1. The van der Waals surface area contributed by atoms with E-state index in [0.29, 0.717) is 18.4 Å². The molecule has 2 unspecified atom stereocenters. The van der Waals surface area contributed by atoms with Crippen LogP contribution in [0.2, 0.25) is 0 Å². The van der Waals surface area contributed by atoms with E-state index >= 15 is 0 Å². The molecular formula is C16H19N3O. The van der Waals surface area contributed by atoms with Gasteiger partial charge in [-0.15, -0.1) is 0 Å². The summed E-state index contributed by atoms with van der Waals surface area (Å²) in [6.07, 6.45) is 2.56. The summed E-state index contributed by atoms with van der Waals surface area (Å²) in [5.41, 5.74) is 2.90. The molecule has 104 valence electrons. The SMILES string of the molecule is Cc1ccc(N2CCC3NC(=O)CCC3C2)c(C#N)c1. The van der Waals surface area contributed by atoms with Gasteiger partial charge in [-0.2, -0.15) is 5.26 Å². The number of piperidine rings is 2. The van der Waals surface area contributed by atoms with Crippen molar-refractivity contribution in [3.05, 3.63) is 29.3 Å². The number of carbonyl (C=O) groups is 1. The van der Waals surface area contributed by atoms with Gasteiger partial charge in [0.1, 0.15) is 6.07 Å². The largest absolute Gasteiger partial charge is 0.370 e. The van der Waals surface area contributed by atoms with Crippen molar-refractivity contribution in [2.45, 2.75) is 32.2 Å². The van der Waals surface area contributed by atoms with Gasteiger partial charge in [-0.05, 0) is 43.4 Å². The van der Waals surface area contributed by atoms with E-state index in [1.54, 1.807) is 0 Å². The number of hydrogen-bond acceptors (Lipinski definition) is 3. The Balaban J connectivity index is 1.80. The van der Waals surface area contributed by atoms with Gasteiger partial charge in [0.2, 0.25) is 5.91 Å². The molecule has 0 saturated carbocycles. The van der Waals surface area contributed by atoms with Gasteiger partial charge in [0.15, 0.2) is 0 Å². The Morgan fingerprint density at radius 1 is 1.40 bits per heavy atom. The van der Waals surface area contributed by atoms with Crippen LogP contribution in [0.3, 0.4) is 0 Å². The summed E-state index contributed by atoms with van der Waals surface area (Å²) in [4.78, 5) is 13.7. The molecule has 0 spiro atoms. The molecule has 0 aromatic heterocycles. The molecule has 1 N–H and O–H groups in total. The highest BCUT2D eigenvalue weighted by Crippen LogP contribution is 2.30. The monoisotopic (exact) mass is 269 g/mol. The fraction of sp³-hybridized carbons (Fsp3) is 0.500. The first-order chi connectivity index (χ1) is 9.67. The third-order valence-corrected chi connectivity index (χ3v) is 4.44.